The molecule has 3 rings (SSSR count). The Balaban J connectivity index is 1.82. The number of hydrogen-bond acceptors (Lipinski definition) is 4. The van der Waals surface area contributed by atoms with Crippen molar-refractivity contribution in [2.24, 2.45) is 5.73 Å². The molecule has 1 aromatic carbocycles. The lowest BCUT2D eigenvalue weighted by atomic mass is 9.78. The van der Waals surface area contributed by atoms with Gasteiger partial charge in [-0.05, 0) is 30.9 Å². The minimum Gasteiger partial charge on any atom is -0.337 e. The van der Waals surface area contributed by atoms with Gasteiger partial charge < -0.3 is 10.3 Å². The second-order valence-corrected chi connectivity index (χ2v) is 5.32. The number of halogens is 2. The molecule has 2 aromatic rings. The normalized spacial score (nSPS) is 17.2. The molecule has 1 saturated carbocycles. The number of benzene rings is 1. The van der Waals surface area contributed by atoms with Gasteiger partial charge in [0, 0.05) is 6.42 Å². The molecule has 0 saturated heterocycles. The molecular weight excluding hydrogens is 269 g/mol. The van der Waals surface area contributed by atoms with Crippen molar-refractivity contribution < 1.29 is 8.91 Å². The summed E-state index contributed by atoms with van der Waals surface area (Å²) in [4.78, 5) is 4.26. The van der Waals surface area contributed by atoms with Crippen molar-refractivity contribution in [3.8, 4) is 0 Å². The SMILES string of the molecule is NC1(c2nc(Cc3cccc(Cl)c3F)no2)CCC1. The topological polar surface area (TPSA) is 64.9 Å². The summed E-state index contributed by atoms with van der Waals surface area (Å²) >= 11 is 5.73. The first kappa shape index (κ1) is 12.6. The molecule has 1 aromatic heterocycles. The van der Waals surface area contributed by atoms with E-state index in [2.05, 4.69) is 10.1 Å². The molecule has 1 aliphatic carbocycles. The molecule has 0 amide bonds. The molecule has 1 heterocycles. The van der Waals surface area contributed by atoms with Gasteiger partial charge in [0.05, 0.1) is 10.6 Å². The first-order valence-corrected chi connectivity index (χ1v) is 6.51. The highest BCUT2D eigenvalue weighted by Gasteiger charge is 2.39. The largest absolute Gasteiger partial charge is 0.337 e. The van der Waals surface area contributed by atoms with Crippen molar-refractivity contribution in [3.05, 3.63) is 46.3 Å². The lowest BCUT2D eigenvalue weighted by Gasteiger charge is -2.33. The van der Waals surface area contributed by atoms with E-state index < -0.39 is 11.4 Å². The van der Waals surface area contributed by atoms with Gasteiger partial charge in [-0.15, -0.1) is 0 Å². The number of hydrogen-bond donors (Lipinski definition) is 1. The van der Waals surface area contributed by atoms with Gasteiger partial charge >= 0.3 is 0 Å². The van der Waals surface area contributed by atoms with Crippen LogP contribution in [0.1, 0.15) is 36.5 Å². The Bertz CT molecular complexity index is 610. The number of nitrogens with two attached hydrogens (primary N) is 1. The first-order valence-electron chi connectivity index (χ1n) is 6.13. The molecule has 0 unspecified atom stereocenters. The van der Waals surface area contributed by atoms with Crippen molar-refractivity contribution in [2.75, 3.05) is 0 Å². The zero-order chi connectivity index (χ0) is 13.5. The first-order chi connectivity index (χ1) is 9.08. The fraction of sp³-hybridized carbons (Fsp3) is 0.385. The summed E-state index contributed by atoms with van der Waals surface area (Å²) in [6, 6.07) is 4.85. The maximum absolute atomic E-state index is 13.8. The molecule has 0 bridgehead atoms. The summed E-state index contributed by atoms with van der Waals surface area (Å²) in [5, 5.41) is 3.95. The van der Waals surface area contributed by atoms with E-state index in [1.807, 2.05) is 0 Å². The molecule has 19 heavy (non-hydrogen) atoms. The van der Waals surface area contributed by atoms with Crippen LogP contribution >= 0.6 is 11.6 Å². The van der Waals surface area contributed by atoms with Gasteiger partial charge in [0.2, 0.25) is 5.89 Å². The molecular formula is C13H13ClFN3O. The number of aromatic nitrogens is 2. The third-order valence-electron chi connectivity index (χ3n) is 3.52. The van der Waals surface area contributed by atoms with Crippen molar-refractivity contribution in [3.63, 3.8) is 0 Å². The minimum atomic E-state index is -0.488. The predicted molar refractivity (Wildman–Crippen MR) is 68.2 cm³/mol. The van der Waals surface area contributed by atoms with E-state index in [0.717, 1.165) is 19.3 Å². The second-order valence-electron chi connectivity index (χ2n) is 4.92. The maximum Gasteiger partial charge on any atom is 0.246 e. The average Bonchev–Trinajstić information content (AvgIpc) is 2.81. The van der Waals surface area contributed by atoms with Crippen molar-refractivity contribution in [2.45, 2.75) is 31.2 Å². The van der Waals surface area contributed by atoms with Gasteiger partial charge in [0.25, 0.3) is 0 Å². The Morgan fingerprint density at radius 1 is 1.42 bits per heavy atom. The van der Waals surface area contributed by atoms with Crippen molar-refractivity contribution in [1.82, 2.24) is 10.1 Å². The molecule has 2 N–H and O–H groups in total. The van der Waals surface area contributed by atoms with E-state index in [1.165, 1.54) is 6.07 Å². The van der Waals surface area contributed by atoms with Gasteiger partial charge in [-0.2, -0.15) is 4.98 Å². The summed E-state index contributed by atoms with van der Waals surface area (Å²) in [7, 11) is 0. The smallest absolute Gasteiger partial charge is 0.246 e. The zero-order valence-electron chi connectivity index (χ0n) is 10.2. The Morgan fingerprint density at radius 3 is 2.89 bits per heavy atom. The van der Waals surface area contributed by atoms with E-state index in [-0.39, 0.29) is 11.4 Å². The quantitative estimate of drug-likeness (QED) is 0.939. The standard InChI is InChI=1S/C13H13ClFN3O/c14-9-4-1-3-8(11(9)15)7-10-17-12(19-18-10)13(16)5-2-6-13/h1,3-4H,2,5-7,16H2. The molecule has 6 heteroatoms. The van der Waals surface area contributed by atoms with Crippen molar-refractivity contribution in [1.29, 1.82) is 0 Å². The van der Waals surface area contributed by atoms with Gasteiger partial charge in [0.15, 0.2) is 5.82 Å². The van der Waals surface area contributed by atoms with E-state index >= 15 is 0 Å². The van der Waals surface area contributed by atoms with Crippen LogP contribution in [0.3, 0.4) is 0 Å². The fourth-order valence-electron chi connectivity index (χ4n) is 2.15. The summed E-state index contributed by atoms with van der Waals surface area (Å²) in [5.74, 6) is 0.422. The van der Waals surface area contributed by atoms with Crippen LogP contribution in [0.2, 0.25) is 5.02 Å². The minimum absolute atomic E-state index is 0.0931. The third-order valence-corrected chi connectivity index (χ3v) is 3.81. The van der Waals surface area contributed by atoms with E-state index in [9.17, 15) is 4.39 Å². The Labute approximate surface area is 114 Å². The van der Waals surface area contributed by atoms with Crippen LogP contribution in [-0.4, -0.2) is 10.1 Å². The molecule has 100 valence electrons. The van der Waals surface area contributed by atoms with Crippen molar-refractivity contribution >= 4 is 11.6 Å². The lowest BCUT2D eigenvalue weighted by Crippen LogP contribution is -2.43. The van der Waals surface area contributed by atoms with E-state index in [0.29, 0.717) is 17.3 Å². The second kappa shape index (κ2) is 4.58. The third kappa shape index (κ3) is 2.24. The fourth-order valence-corrected chi connectivity index (χ4v) is 2.35. The highest BCUT2D eigenvalue weighted by atomic mass is 35.5. The Hall–Kier alpha value is -1.46. The average molecular weight is 282 g/mol. The van der Waals surface area contributed by atoms with Crippen LogP contribution in [0, 0.1) is 5.82 Å². The molecule has 0 radical (unpaired) electrons. The Kier molecular flexibility index (Phi) is 3.03. The van der Waals surface area contributed by atoms with Gasteiger partial charge in [-0.25, -0.2) is 4.39 Å². The Morgan fingerprint density at radius 2 is 2.21 bits per heavy atom. The van der Waals surface area contributed by atoms with Gasteiger partial charge in [-0.3, -0.25) is 0 Å². The highest BCUT2D eigenvalue weighted by Crippen LogP contribution is 2.37. The highest BCUT2D eigenvalue weighted by molar-refractivity contribution is 6.30. The van der Waals surface area contributed by atoms with Crippen LogP contribution < -0.4 is 5.73 Å². The molecule has 0 atom stereocenters. The lowest BCUT2D eigenvalue weighted by molar-refractivity contribution is 0.181. The van der Waals surface area contributed by atoms with E-state index in [4.69, 9.17) is 21.9 Å². The van der Waals surface area contributed by atoms with Crippen LogP contribution in [0.5, 0.6) is 0 Å². The van der Waals surface area contributed by atoms with Crippen LogP contribution in [0.15, 0.2) is 22.7 Å². The van der Waals surface area contributed by atoms with Gasteiger partial charge in [-0.1, -0.05) is 28.9 Å². The van der Waals surface area contributed by atoms with E-state index in [1.54, 1.807) is 12.1 Å². The van der Waals surface area contributed by atoms with Gasteiger partial charge in [0.1, 0.15) is 5.82 Å². The zero-order valence-corrected chi connectivity index (χ0v) is 11.0. The monoisotopic (exact) mass is 281 g/mol. The maximum atomic E-state index is 13.8. The van der Waals surface area contributed by atoms with Crippen LogP contribution in [0.4, 0.5) is 4.39 Å². The molecule has 1 aliphatic rings. The summed E-state index contributed by atoms with van der Waals surface area (Å²) < 4.78 is 18.9. The number of rotatable bonds is 3. The summed E-state index contributed by atoms with van der Waals surface area (Å²) in [5.41, 5.74) is 6.05. The summed E-state index contributed by atoms with van der Waals surface area (Å²) in [6.45, 7) is 0. The molecule has 4 nitrogen and oxygen atoms in total. The summed E-state index contributed by atoms with van der Waals surface area (Å²) in [6.07, 6.45) is 3.00. The van der Waals surface area contributed by atoms with Crippen LogP contribution in [-0.2, 0) is 12.0 Å². The molecule has 0 aliphatic heterocycles. The van der Waals surface area contributed by atoms with Crippen LogP contribution in [0.25, 0.3) is 0 Å². The molecule has 1 fully saturated rings. The molecule has 0 spiro atoms. The number of nitrogens with zero attached hydrogens (tertiary/aromatic N) is 2. The predicted octanol–water partition coefficient (Wildman–Crippen LogP) is 2.79.